The second-order valence-electron chi connectivity index (χ2n) is 6.58. The Kier molecular flexibility index (Phi) is 6.08. The summed E-state index contributed by atoms with van der Waals surface area (Å²) in [5.74, 6) is 0.139. The highest BCUT2D eigenvalue weighted by Crippen LogP contribution is 2.21. The lowest BCUT2D eigenvalue weighted by Gasteiger charge is -2.33. The lowest BCUT2D eigenvalue weighted by atomic mass is 10.0. The van der Waals surface area contributed by atoms with Crippen LogP contribution in [-0.4, -0.2) is 47.4 Å². The number of aromatic nitrogens is 1. The molecule has 1 saturated heterocycles. The zero-order valence-electron chi connectivity index (χ0n) is 15.8. The Balaban J connectivity index is 1.63. The van der Waals surface area contributed by atoms with Crippen LogP contribution in [0.5, 0.6) is 5.75 Å². The van der Waals surface area contributed by atoms with Gasteiger partial charge in [0, 0.05) is 18.2 Å². The zero-order valence-corrected chi connectivity index (χ0v) is 15.8. The smallest absolute Gasteiger partial charge is 0.328 e. The Labute approximate surface area is 162 Å². The van der Waals surface area contributed by atoms with Crippen molar-refractivity contribution in [3.63, 3.8) is 0 Å². The van der Waals surface area contributed by atoms with Crippen LogP contribution in [0.1, 0.15) is 52.8 Å². The minimum atomic E-state index is -0.595. The van der Waals surface area contributed by atoms with Crippen molar-refractivity contribution < 1.29 is 28.4 Å². The Morgan fingerprint density at radius 1 is 1.21 bits per heavy atom. The van der Waals surface area contributed by atoms with Crippen molar-refractivity contribution in [2.75, 3.05) is 13.7 Å². The third kappa shape index (κ3) is 4.39. The molecule has 0 unspecified atom stereocenters. The number of carbonyl (C=O) groups is 3. The van der Waals surface area contributed by atoms with Gasteiger partial charge in [-0.25, -0.2) is 4.79 Å². The fourth-order valence-electron chi connectivity index (χ4n) is 3.12. The Morgan fingerprint density at radius 2 is 1.96 bits per heavy atom. The summed E-state index contributed by atoms with van der Waals surface area (Å²) in [6, 6.07) is 7.64. The number of hydrogen-bond acceptors (Lipinski definition) is 7. The number of hydrogen-bond donors (Lipinski definition) is 0. The van der Waals surface area contributed by atoms with E-state index in [1.54, 1.807) is 24.3 Å². The average Bonchev–Trinajstić information content (AvgIpc) is 3.20. The van der Waals surface area contributed by atoms with Gasteiger partial charge in [-0.2, -0.15) is 0 Å². The SMILES string of the molecule is COC(=O)[C@@H]1CCCCN1C(=O)c1cc(COc2ccc(C(C)=O)cc2)on1. The Morgan fingerprint density at radius 3 is 2.64 bits per heavy atom. The van der Waals surface area contributed by atoms with E-state index in [-0.39, 0.29) is 24.0 Å². The maximum absolute atomic E-state index is 12.7. The van der Waals surface area contributed by atoms with E-state index in [0.717, 1.165) is 12.8 Å². The Hall–Kier alpha value is -3.16. The van der Waals surface area contributed by atoms with Crippen molar-refractivity contribution in [3.05, 3.63) is 47.3 Å². The van der Waals surface area contributed by atoms with Crippen molar-refractivity contribution in [1.29, 1.82) is 0 Å². The summed E-state index contributed by atoms with van der Waals surface area (Å²) in [5, 5.41) is 3.82. The molecule has 0 bridgehead atoms. The average molecular weight is 386 g/mol. The maximum Gasteiger partial charge on any atom is 0.328 e. The van der Waals surface area contributed by atoms with Crippen molar-refractivity contribution in [2.24, 2.45) is 0 Å². The molecule has 3 rings (SSSR count). The van der Waals surface area contributed by atoms with E-state index in [2.05, 4.69) is 5.16 Å². The summed E-state index contributed by atoms with van der Waals surface area (Å²) in [5.41, 5.74) is 0.725. The van der Waals surface area contributed by atoms with Gasteiger partial charge >= 0.3 is 5.97 Å². The van der Waals surface area contributed by atoms with Gasteiger partial charge < -0.3 is 18.9 Å². The number of ether oxygens (including phenoxy) is 2. The van der Waals surface area contributed by atoms with Crippen LogP contribution in [-0.2, 0) is 16.1 Å². The molecule has 28 heavy (non-hydrogen) atoms. The topological polar surface area (TPSA) is 98.9 Å². The molecule has 8 heteroatoms. The molecule has 1 amide bonds. The highest BCUT2D eigenvalue weighted by atomic mass is 16.5. The second kappa shape index (κ2) is 8.69. The van der Waals surface area contributed by atoms with Gasteiger partial charge in [-0.15, -0.1) is 0 Å². The minimum absolute atomic E-state index is 0.0205. The number of carbonyl (C=O) groups excluding carboxylic acids is 3. The molecule has 2 heterocycles. The van der Waals surface area contributed by atoms with Gasteiger partial charge in [-0.05, 0) is 50.5 Å². The van der Waals surface area contributed by atoms with E-state index in [1.807, 2.05) is 0 Å². The molecule has 1 aromatic heterocycles. The second-order valence-corrected chi connectivity index (χ2v) is 6.58. The van der Waals surface area contributed by atoms with Crippen LogP contribution in [0.3, 0.4) is 0 Å². The number of amides is 1. The standard InChI is InChI=1S/C20H22N2O6/c1-13(23)14-6-8-15(9-7-14)27-12-16-11-17(21-28-16)19(24)22-10-4-3-5-18(22)20(25)26-2/h6-9,11,18H,3-5,10,12H2,1-2H3/t18-/m0/s1. The van der Waals surface area contributed by atoms with Gasteiger partial charge in [-0.1, -0.05) is 5.16 Å². The lowest BCUT2D eigenvalue weighted by Crippen LogP contribution is -2.48. The summed E-state index contributed by atoms with van der Waals surface area (Å²) < 4.78 is 15.6. The molecule has 1 aliphatic rings. The van der Waals surface area contributed by atoms with Gasteiger partial charge in [0.15, 0.2) is 17.2 Å². The number of ketones is 1. The molecule has 148 valence electrons. The zero-order chi connectivity index (χ0) is 20.1. The van der Waals surface area contributed by atoms with Gasteiger partial charge in [0.05, 0.1) is 7.11 Å². The molecule has 0 aliphatic carbocycles. The molecule has 2 aromatic rings. The Bertz CT molecular complexity index is 858. The summed E-state index contributed by atoms with van der Waals surface area (Å²) in [7, 11) is 1.31. The normalized spacial score (nSPS) is 16.5. The van der Waals surface area contributed by atoms with Crippen LogP contribution < -0.4 is 4.74 Å². The summed E-state index contributed by atoms with van der Waals surface area (Å²) in [4.78, 5) is 37.5. The highest BCUT2D eigenvalue weighted by molar-refractivity contribution is 5.95. The van der Waals surface area contributed by atoms with Crippen LogP contribution in [0.15, 0.2) is 34.9 Å². The van der Waals surface area contributed by atoms with Gasteiger partial charge in [0.2, 0.25) is 0 Å². The maximum atomic E-state index is 12.7. The first-order valence-electron chi connectivity index (χ1n) is 9.08. The number of benzene rings is 1. The van der Waals surface area contributed by atoms with E-state index in [1.165, 1.54) is 25.0 Å². The van der Waals surface area contributed by atoms with E-state index >= 15 is 0 Å². The highest BCUT2D eigenvalue weighted by Gasteiger charge is 2.34. The van der Waals surface area contributed by atoms with Crippen LogP contribution in [0, 0.1) is 0 Å². The summed E-state index contributed by atoms with van der Waals surface area (Å²) in [6.45, 7) is 2.05. The molecule has 1 fully saturated rings. The molecule has 8 nitrogen and oxygen atoms in total. The molecule has 0 saturated carbocycles. The van der Waals surface area contributed by atoms with Crippen molar-refractivity contribution in [2.45, 2.75) is 38.8 Å². The molecule has 1 aromatic carbocycles. The fourth-order valence-corrected chi connectivity index (χ4v) is 3.12. The minimum Gasteiger partial charge on any atom is -0.486 e. The molecule has 0 radical (unpaired) electrons. The molecule has 0 N–H and O–H groups in total. The van der Waals surface area contributed by atoms with E-state index in [0.29, 0.717) is 30.0 Å². The number of rotatable bonds is 6. The number of esters is 1. The third-order valence-electron chi connectivity index (χ3n) is 4.66. The van der Waals surface area contributed by atoms with E-state index < -0.39 is 12.0 Å². The lowest BCUT2D eigenvalue weighted by molar-refractivity contribution is -0.147. The molecular formula is C20H22N2O6. The van der Waals surface area contributed by atoms with Crippen molar-refractivity contribution in [3.8, 4) is 5.75 Å². The third-order valence-corrected chi connectivity index (χ3v) is 4.66. The predicted molar refractivity (Wildman–Crippen MR) is 98.0 cm³/mol. The van der Waals surface area contributed by atoms with Crippen LogP contribution in [0.4, 0.5) is 0 Å². The predicted octanol–water partition coefficient (Wildman–Crippen LogP) is 2.62. The van der Waals surface area contributed by atoms with Crippen LogP contribution in [0.25, 0.3) is 0 Å². The number of nitrogens with zero attached hydrogens (tertiary/aromatic N) is 2. The number of methoxy groups -OCH3 is 1. The van der Waals surface area contributed by atoms with Crippen molar-refractivity contribution >= 4 is 17.7 Å². The summed E-state index contributed by atoms with van der Waals surface area (Å²) >= 11 is 0. The largest absolute Gasteiger partial charge is 0.486 e. The quantitative estimate of drug-likeness (QED) is 0.556. The molecule has 1 atom stereocenters. The first-order chi connectivity index (χ1) is 13.5. The van der Waals surface area contributed by atoms with Crippen LogP contribution >= 0.6 is 0 Å². The van der Waals surface area contributed by atoms with Gasteiger partial charge in [-0.3, -0.25) is 9.59 Å². The van der Waals surface area contributed by atoms with Crippen molar-refractivity contribution in [1.82, 2.24) is 10.1 Å². The molecule has 1 aliphatic heterocycles. The number of piperidine rings is 1. The van der Waals surface area contributed by atoms with Crippen LogP contribution in [0.2, 0.25) is 0 Å². The summed E-state index contributed by atoms with van der Waals surface area (Å²) in [6.07, 6.45) is 2.26. The molecule has 0 spiro atoms. The van der Waals surface area contributed by atoms with E-state index in [9.17, 15) is 14.4 Å². The first-order valence-corrected chi connectivity index (χ1v) is 9.08. The first kappa shape index (κ1) is 19.6. The van der Waals surface area contributed by atoms with Gasteiger partial charge in [0.1, 0.15) is 18.4 Å². The monoisotopic (exact) mass is 386 g/mol. The van der Waals surface area contributed by atoms with Gasteiger partial charge in [0.25, 0.3) is 5.91 Å². The number of likely N-dealkylation sites (tertiary alicyclic amines) is 1. The van der Waals surface area contributed by atoms with E-state index in [4.69, 9.17) is 14.0 Å². The molecular weight excluding hydrogens is 364 g/mol. The fraction of sp³-hybridized carbons (Fsp3) is 0.400. The number of Topliss-reactive ketones (excluding diaryl/α,β-unsaturated/α-hetero) is 1.